The number of rotatable bonds is 3. The van der Waals surface area contributed by atoms with Crippen molar-refractivity contribution < 1.29 is 4.39 Å². The van der Waals surface area contributed by atoms with Crippen LogP contribution in [0.2, 0.25) is 0 Å². The van der Waals surface area contributed by atoms with Crippen LogP contribution in [0.1, 0.15) is 17.5 Å². The molecule has 1 unspecified atom stereocenters. The summed E-state index contributed by atoms with van der Waals surface area (Å²) in [7, 11) is 0. The van der Waals surface area contributed by atoms with Gasteiger partial charge in [0.25, 0.3) is 0 Å². The Hall–Kier alpha value is -0.970. The first-order valence-corrected chi connectivity index (χ1v) is 7.64. The summed E-state index contributed by atoms with van der Waals surface area (Å²) in [5.74, 6) is -0.104. The second-order valence-corrected chi connectivity index (χ2v) is 6.04. The fraction of sp³-hybridized carbons (Fsp3) is 0.625. The van der Waals surface area contributed by atoms with E-state index in [1.54, 1.807) is 6.07 Å². The number of piperazine rings is 1. The maximum Gasteiger partial charge on any atom is 0.126 e. The van der Waals surface area contributed by atoms with Crippen molar-refractivity contribution in [3.63, 3.8) is 0 Å². The predicted molar refractivity (Wildman–Crippen MR) is 79.3 cm³/mol. The summed E-state index contributed by atoms with van der Waals surface area (Å²) in [4.78, 5) is 5.10. The van der Waals surface area contributed by atoms with Gasteiger partial charge in [0.05, 0.1) is 0 Å². The Labute approximate surface area is 120 Å². The van der Waals surface area contributed by atoms with E-state index in [1.165, 1.54) is 18.5 Å². The van der Waals surface area contributed by atoms with E-state index in [9.17, 15) is 4.39 Å². The first kappa shape index (κ1) is 14.0. The van der Waals surface area contributed by atoms with Gasteiger partial charge in [-0.15, -0.1) is 0 Å². The Balaban J connectivity index is 1.51. The van der Waals surface area contributed by atoms with Crippen LogP contribution in [-0.2, 0) is 6.54 Å². The number of aryl methyl sites for hydroxylation is 1. The zero-order valence-corrected chi connectivity index (χ0v) is 12.2. The highest BCUT2D eigenvalue weighted by atomic mass is 19.1. The van der Waals surface area contributed by atoms with Crippen molar-refractivity contribution in [2.24, 2.45) is 0 Å². The molecule has 0 bridgehead atoms. The number of halogens is 1. The smallest absolute Gasteiger partial charge is 0.126 e. The largest absolute Gasteiger partial charge is 0.315 e. The minimum absolute atomic E-state index is 0.104. The van der Waals surface area contributed by atoms with Crippen LogP contribution in [0.4, 0.5) is 4.39 Å². The summed E-state index contributed by atoms with van der Waals surface area (Å²) in [6.45, 7) is 9.65. The van der Waals surface area contributed by atoms with E-state index < -0.39 is 0 Å². The van der Waals surface area contributed by atoms with Crippen LogP contribution in [-0.4, -0.2) is 55.1 Å². The summed E-state index contributed by atoms with van der Waals surface area (Å²) in [6.07, 6.45) is 1.29. The van der Waals surface area contributed by atoms with Crippen LogP contribution in [0.25, 0.3) is 0 Å². The monoisotopic (exact) mass is 277 g/mol. The van der Waals surface area contributed by atoms with Gasteiger partial charge < -0.3 is 5.32 Å². The second-order valence-electron chi connectivity index (χ2n) is 6.04. The molecular formula is C16H24FN3. The molecule has 20 heavy (non-hydrogen) atoms. The molecule has 0 saturated carbocycles. The number of nitrogens with one attached hydrogen (secondary N) is 1. The normalized spacial score (nSPS) is 25.2. The summed E-state index contributed by atoms with van der Waals surface area (Å²) in [6, 6.07) is 6.22. The molecule has 1 aromatic rings. The van der Waals surface area contributed by atoms with Crippen LogP contribution < -0.4 is 5.32 Å². The van der Waals surface area contributed by atoms with Crippen molar-refractivity contribution >= 4 is 0 Å². The van der Waals surface area contributed by atoms with E-state index in [2.05, 4.69) is 15.1 Å². The van der Waals surface area contributed by atoms with Gasteiger partial charge in [0, 0.05) is 45.3 Å². The standard InChI is InChI=1S/C16H24FN3/c1-13-10-14(2-3-16(13)17)12-19-6-8-20(9-7-19)15-4-5-18-11-15/h2-3,10,15,18H,4-9,11-12H2,1H3. The molecule has 0 amide bonds. The van der Waals surface area contributed by atoms with Crippen molar-refractivity contribution in [1.82, 2.24) is 15.1 Å². The predicted octanol–water partition coefficient (Wildman–Crippen LogP) is 1.61. The summed E-state index contributed by atoms with van der Waals surface area (Å²) < 4.78 is 13.3. The molecule has 1 N–H and O–H groups in total. The molecule has 3 rings (SSSR count). The minimum Gasteiger partial charge on any atom is -0.315 e. The molecule has 0 radical (unpaired) electrons. The summed E-state index contributed by atoms with van der Waals surface area (Å²) in [5.41, 5.74) is 1.97. The van der Waals surface area contributed by atoms with E-state index >= 15 is 0 Å². The third-order valence-corrected chi connectivity index (χ3v) is 4.59. The molecule has 0 aromatic heterocycles. The molecule has 4 heteroatoms. The van der Waals surface area contributed by atoms with Crippen LogP contribution in [0, 0.1) is 12.7 Å². The van der Waals surface area contributed by atoms with E-state index in [1.807, 2.05) is 19.1 Å². The summed E-state index contributed by atoms with van der Waals surface area (Å²) >= 11 is 0. The van der Waals surface area contributed by atoms with E-state index in [-0.39, 0.29) is 5.82 Å². The van der Waals surface area contributed by atoms with Crippen molar-refractivity contribution in [2.45, 2.75) is 25.9 Å². The highest BCUT2D eigenvalue weighted by Gasteiger charge is 2.25. The SMILES string of the molecule is Cc1cc(CN2CCN(C3CCNC3)CC2)ccc1F. The fourth-order valence-corrected chi connectivity index (χ4v) is 3.30. The minimum atomic E-state index is -0.104. The Morgan fingerprint density at radius 1 is 1.25 bits per heavy atom. The molecule has 2 fully saturated rings. The lowest BCUT2D eigenvalue weighted by Gasteiger charge is -2.37. The van der Waals surface area contributed by atoms with Crippen LogP contribution >= 0.6 is 0 Å². The average molecular weight is 277 g/mol. The molecule has 2 aliphatic heterocycles. The van der Waals surface area contributed by atoms with Gasteiger partial charge in [0.2, 0.25) is 0 Å². The van der Waals surface area contributed by atoms with E-state index in [4.69, 9.17) is 0 Å². The lowest BCUT2D eigenvalue weighted by Crippen LogP contribution is -2.50. The second kappa shape index (κ2) is 6.20. The molecule has 2 aliphatic rings. The van der Waals surface area contributed by atoms with Crippen LogP contribution in [0.5, 0.6) is 0 Å². The van der Waals surface area contributed by atoms with Gasteiger partial charge in [-0.05, 0) is 37.1 Å². The lowest BCUT2D eigenvalue weighted by atomic mass is 10.1. The maximum absolute atomic E-state index is 13.3. The lowest BCUT2D eigenvalue weighted by molar-refractivity contribution is 0.0981. The third kappa shape index (κ3) is 3.19. The van der Waals surface area contributed by atoms with Crippen LogP contribution in [0.15, 0.2) is 18.2 Å². The first-order valence-electron chi connectivity index (χ1n) is 7.64. The molecule has 110 valence electrons. The molecule has 0 spiro atoms. The van der Waals surface area contributed by atoms with Gasteiger partial charge in [0.1, 0.15) is 5.82 Å². The van der Waals surface area contributed by atoms with Crippen molar-refractivity contribution in [2.75, 3.05) is 39.3 Å². The van der Waals surface area contributed by atoms with Gasteiger partial charge in [-0.25, -0.2) is 4.39 Å². The summed E-state index contributed by atoms with van der Waals surface area (Å²) in [5, 5.41) is 3.44. The molecule has 0 aliphatic carbocycles. The number of nitrogens with zero attached hydrogens (tertiary/aromatic N) is 2. The molecule has 2 saturated heterocycles. The maximum atomic E-state index is 13.3. The van der Waals surface area contributed by atoms with Crippen molar-refractivity contribution in [1.29, 1.82) is 0 Å². The quantitative estimate of drug-likeness (QED) is 0.905. The molecule has 1 atom stereocenters. The number of hydrogen-bond acceptors (Lipinski definition) is 3. The van der Waals surface area contributed by atoms with Crippen LogP contribution in [0.3, 0.4) is 0 Å². The zero-order chi connectivity index (χ0) is 13.9. The van der Waals surface area contributed by atoms with Crippen molar-refractivity contribution in [3.05, 3.63) is 35.1 Å². The molecule has 3 nitrogen and oxygen atoms in total. The topological polar surface area (TPSA) is 18.5 Å². The first-order chi connectivity index (χ1) is 9.72. The number of benzene rings is 1. The highest BCUT2D eigenvalue weighted by molar-refractivity contribution is 5.23. The molecular weight excluding hydrogens is 253 g/mol. The Morgan fingerprint density at radius 2 is 2.05 bits per heavy atom. The van der Waals surface area contributed by atoms with Crippen molar-refractivity contribution in [3.8, 4) is 0 Å². The van der Waals surface area contributed by atoms with Gasteiger partial charge >= 0.3 is 0 Å². The third-order valence-electron chi connectivity index (χ3n) is 4.59. The van der Waals surface area contributed by atoms with Gasteiger partial charge in [-0.3, -0.25) is 9.80 Å². The van der Waals surface area contributed by atoms with Gasteiger partial charge in [-0.1, -0.05) is 12.1 Å². The Bertz CT molecular complexity index is 449. The van der Waals surface area contributed by atoms with E-state index in [0.29, 0.717) is 0 Å². The highest BCUT2D eigenvalue weighted by Crippen LogP contribution is 2.15. The van der Waals surface area contributed by atoms with Gasteiger partial charge in [-0.2, -0.15) is 0 Å². The fourth-order valence-electron chi connectivity index (χ4n) is 3.30. The zero-order valence-electron chi connectivity index (χ0n) is 12.2. The van der Waals surface area contributed by atoms with Gasteiger partial charge in [0.15, 0.2) is 0 Å². The number of hydrogen-bond donors (Lipinski definition) is 1. The Morgan fingerprint density at radius 3 is 2.70 bits per heavy atom. The van der Waals surface area contributed by atoms with E-state index in [0.717, 1.165) is 50.9 Å². The average Bonchev–Trinajstić information content (AvgIpc) is 2.98. The molecule has 2 heterocycles. The molecule has 1 aromatic carbocycles. The Kier molecular flexibility index (Phi) is 4.34.